The predicted molar refractivity (Wildman–Crippen MR) is 71.3 cm³/mol. The van der Waals surface area contributed by atoms with Crippen LogP contribution in [0, 0.1) is 5.92 Å². The predicted octanol–water partition coefficient (Wildman–Crippen LogP) is 2.22. The molecule has 1 aromatic carbocycles. The molecular weight excluding hydrogens is 242 g/mol. The first kappa shape index (κ1) is 12.5. The van der Waals surface area contributed by atoms with Crippen LogP contribution < -0.4 is 15.2 Å². The number of ether oxygens (including phenoxy) is 2. The highest BCUT2D eigenvalue weighted by molar-refractivity contribution is 5.79. The molecule has 0 amide bonds. The second kappa shape index (κ2) is 5.21. The molecule has 0 spiro atoms. The van der Waals surface area contributed by atoms with Crippen molar-refractivity contribution in [1.29, 1.82) is 0 Å². The average molecular weight is 261 g/mol. The van der Waals surface area contributed by atoms with E-state index in [-0.39, 0.29) is 6.04 Å². The molecule has 0 aromatic heterocycles. The van der Waals surface area contributed by atoms with Crippen LogP contribution in [0.4, 0.5) is 0 Å². The molecule has 1 aliphatic heterocycles. The Balaban J connectivity index is 1.76. The third kappa shape index (κ3) is 2.59. The van der Waals surface area contributed by atoms with Gasteiger partial charge in [0.05, 0.1) is 0 Å². The number of carbonyl (C=O) groups excluding carboxylic acids is 1. The van der Waals surface area contributed by atoms with Gasteiger partial charge in [-0.2, -0.15) is 0 Å². The Morgan fingerprint density at radius 1 is 1.11 bits per heavy atom. The van der Waals surface area contributed by atoms with E-state index in [9.17, 15) is 4.79 Å². The normalized spacial score (nSPS) is 21.2. The number of benzene rings is 1. The first-order chi connectivity index (χ1) is 9.24. The summed E-state index contributed by atoms with van der Waals surface area (Å²) >= 11 is 0. The van der Waals surface area contributed by atoms with Crippen LogP contribution in [0.1, 0.15) is 37.3 Å². The number of hydrogen-bond donors (Lipinski definition) is 1. The van der Waals surface area contributed by atoms with Crippen molar-refractivity contribution in [3.8, 4) is 11.5 Å². The van der Waals surface area contributed by atoms with Crippen LogP contribution in [0.15, 0.2) is 18.2 Å². The lowest BCUT2D eigenvalue weighted by molar-refractivity contribution is -0.121. The summed E-state index contributed by atoms with van der Waals surface area (Å²) in [5.41, 5.74) is 7.41. The summed E-state index contributed by atoms with van der Waals surface area (Å²) in [7, 11) is 0. The van der Waals surface area contributed by atoms with Gasteiger partial charge in [-0.25, -0.2) is 0 Å². The molecule has 1 fully saturated rings. The van der Waals surface area contributed by atoms with Crippen molar-refractivity contribution in [3.63, 3.8) is 0 Å². The number of rotatable bonds is 2. The molecule has 3 rings (SSSR count). The molecule has 1 aliphatic carbocycles. The summed E-state index contributed by atoms with van der Waals surface area (Å²) in [6.07, 6.45) is 3.13. The van der Waals surface area contributed by atoms with Gasteiger partial charge in [0.15, 0.2) is 11.5 Å². The Morgan fingerprint density at radius 2 is 1.79 bits per heavy atom. The molecule has 19 heavy (non-hydrogen) atoms. The van der Waals surface area contributed by atoms with Crippen LogP contribution in [0.5, 0.6) is 11.5 Å². The summed E-state index contributed by atoms with van der Waals surface area (Å²) in [5.74, 6) is 2.33. The van der Waals surface area contributed by atoms with Gasteiger partial charge in [0.25, 0.3) is 0 Å². The maximum absolute atomic E-state index is 11.3. The van der Waals surface area contributed by atoms with Gasteiger partial charge in [-0.3, -0.25) is 4.79 Å². The summed E-state index contributed by atoms with van der Waals surface area (Å²) in [6, 6.07) is 5.89. The molecule has 1 saturated carbocycles. The first-order valence-corrected chi connectivity index (χ1v) is 6.91. The Labute approximate surface area is 112 Å². The van der Waals surface area contributed by atoms with Gasteiger partial charge < -0.3 is 15.2 Å². The molecule has 4 heteroatoms. The Bertz CT molecular complexity index is 476. The first-order valence-electron chi connectivity index (χ1n) is 6.91. The monoisotopic (exact) mass is 261 g/mol. The molecule has 1 unspecified atom stereocenters. The van der Waals surface area contributed by atoms with Crippen molar-refractivity contribution >= 4 is 5.78 Å². The van der Waals surface area contributed by atoms with Gasteiger partial charge in [-0.15, -0.1) is 0 Å². The molecule has 2 N–H and O–H groups in total. The summed E-state index contributed by atoms with van der Waals surface area (Å²) in [6.45, 7) is 1.19. The maximum Gasteiger partial charge on any atom is 0.161 e. The molecule has 0 saturated heterocycles. The second-order valence-corrected chi connectivity index (χ2v) is 5.30. The van der Waals surface area contributed by atoms with Crippen LogP contribution >= 0.6 is 0 Å². The Morgan fingerprint density at radius 3 is 2.53 bits per heavy atom. The van der Waals surface area contributed by atoms with Crippen molar-refractivity contribution in [1.82, 2.24) is 0 Å². The van der Waals surface area contributed by atoms with E-state index in [1.165, 1.54) is 0 Å². The molecule has 0 bridgehead atoms. The maximum atomic E-state index is 11.3. The smallest absolute Gasteiger partial charge is 0.161 e. The number of ketones is 1. The molecule has 1 aromatic rings. The van der Waals surface area contributed by atoms with Crippen molar-refractivity contribution in [2.45, 2.75) is 31.7 Å². The highest BCUT2D eigenvalue weighted by Crippen LogP contribution is 2.36. The second-order valence-electron chi connectivity index (χ2n) is 5.30. The van der Waals surface area contributed by atoms with Gasteiger partial charge in [0.1, 0.15) is 19.0 Å². The summed E-state index contributed by atoms with van der Waals surface area (Å²) in [5, 5.41) is 0. The van der Waals surface area contributed by atoms with E-state index in [4.69, 9.17) is 15.2 Å². The van der Waals surface area contributed by atoms with Gasteiger partial charge in [0.2, 0.25) is 0 Å². The fourth-order valence-corrected chi connectivity index (χ4v) is 2.86. The molecule has 4 nitrogen and oxygen atoms in total. The van der Waals surface area contributed by atoms with Crippen LogP contribution in [-0.2, 0) is 4.79 Å². The topological polar surface area (TPSA) is 61.6 Å². The lowest BCUT2D eigenvalue weighted by atomic mass is 9.81. The van der Waals surface area contributed by atoms with E-state index >= 15 is 0 Å². The highest BCUT2D eigenvalue weighted by Gasteiger charge is 2.26. The quantitative estimate of drug-likeness (QED) is 0.886. The molecular formula is C15H19NO3. The van der Waals surface area contributed by atoms with Crippen molar-refractivity contribution in [2.75, 3.05) is 13.2 Å². The van der Waals surface area contributed by atoms with Crippen LogP contribution in [-0.4, -0.2) is 19.0 Å². The van der Waals surface area contributed by atoms with Gasteiger partial charge >= 0.3 is 0 Å². The minimum atomic E-state index is -0.0241. The number of carbonyl (C=O) groups is 1. The molecule has 0 radical (unpaired) electrons. The number of hydrogen-bond acceptors (Lipinski definition) is 4. The van der Waals surface area contributed by atoms with E-state index in [0.29, 0.717) is 37.8 Å². The van der Waals surface area contributed by atoms with Crippen molar-refractivity contribution in [3.05, 3.63) is 23.8 Å². The van der Waals surface area contributed by atoms with Gasteiger partial charge in [-0.05, 0) is 36.5 Å². The molecule has 102 valence electrons. The minimum absolute atomic E-state index is 0.0241. The van der Waals surface area contributed by atoms with E-state index < -0.39 is 0 Å². The molecule has 1 atom stereocenters. The van der Waals surface area contributed by atoms with E-state index in [1.54, 1.807) is 0 Å². The Hall–Kier alpha value is -1.55. The number of fused-ring (bicyclic) bond motifs is 1. The third-order valence-corrected chi connectivity index (χ3v) is 4.05. The fourth-order valence-electron chi connectivity index (χ4n) is 2.86. The molecule has 1 heterocycles. The highest BCUT2D eigenvalue weighted by atomic mass is 16.6. The van der Waals surface area contributed by atoms with Crippen LogP contribution in [0.3, 0.4) is 0 Å². The third-order valence-electron chi connectivity index (χ3n) is 4.05. The Kier molecular flexibility index (Phi) is 3.42. The lowest BCUT2D eigenvalue weighted by Gasteiger charge is -2.28. The standard InChI is InChI=1S/C15H19NO3/c16-15(10-1-4-12(17)5-2-10)11-3-6-13-14(9-11)19-8-7-18-13/h3,6,9-10,15H,1-2,4-5,7-8,16H2. The lowest BCUT2D eigenvalue weighted by Crippen LogP contribution is -2.26. The van der Waals surface area contributed by atoms with E-state index in [1.807, 2.05) is 18.2 Å². The van der Waals surface area contributed by atoms with Gasteiger partial charge in [0, 0.05) is 18.9 Å². The number of nitrogens with two attached hydrogens (primary N) is 1. The summed E-state index contributed by atoms with van der Waals surface area (Å²) < 4.78 is 11.1. The zero-order valence-corrected chi connectivity index (χ0v) is 10.9. The zero-order valence-electron chi connectivity index (χ0n) is 10.9. The van der Waals surface area contributed by atoms with Crippen molar-refractivity contribution < 1.29 is 14.3 Å². The zero-order chi connectivity index (χ0) is 13.2. The van der Waals surface area contributed by atoms with E-state index in [2.05, 4.69) is 0 Å². The van der Waals surface area contributed by atoms with Crippen molar-refractivity contribution in [2.24, 2.45) is 11.7 Å². The molecule has 2 aliphatic rings. The average Bonchev–Trinajstić information content (AvgIpc) is 2.47. The number of Topliss-reactive ketones (excluding diaryl/α,β-unsaturated/α-hetero) is 1. The SMILES string of the molecule is NC(c1ccc2c(c1)OCCO2)C1CCC(=O)CC1. The van der Waals surface area contributed by atoms with Gasteiger partial charge in [-0.1, -0.05) is 6.07 Å². The summed E-state index contributed by atoms with van der Waals surface area (Å²) in [4.78, 5) is 11.3. The fraction of sp³-hybridized carbons (Fsp3) is 0.533. The largest absolute Gasteiger partial charge is 0.486 e. The van der Waals surface area contributed by atoms with E-state index in [0.717, 1.165) is 29.9 Å². The van der Waals surface area contributed by atoms with Crippen LogP contribution in [0.25, 0.3) is 0 Å². The van der Waals surface area contributed by atoms with Crippen LogP contribution in [0.2, 0.25) is 0 Å². The minimum Gasteiger partial charge on any atom is -0.486 e.